The lowest BCUT2D eigenvalue weighted by atomic mass is 9.92. The van der Waals surface area contributed by atoms with E-state index in [0.29, 0.717) is 58.0 Å². The van der Waals surface area contributed by atoms with Crippen molar-refractivity contribution in [2.75, 3.05) is 58.9 Å². The molecule has 49 heavy (non-hydrogen) atoms. The highest BCUT2D eigenvalue weighted by molar-refractivity contribution is 5.79. The fourth-order valence-electron chi connectivity index (χ4n) is 6.75. The molecule has 0 aromatic rings. The lowest BCUT2D eigenvalue weighted by Crippen LogP contribution is -2.48. The lowest BCUT2D eigenvalue weighted by Gasteiger charge is -2.38. The minimum atomic E-state index is -4.17. The van der Waals surface area contributed by atoms with Crippen LogP contribution in [0, 0.1) is 23.7 Å². The Labute approximate surface area is 287 Å². The van der Waals surface area contributed by atoms with Crippen molar-refractivity contribution in [1.82, 2.24) is 19.6 Å². The third kappa shape index (κ3) is 13.7. The van der Waals surface area contributed by atoms with Crippen LogP contribution in [0.3, 0.4) is 0 Å². The largest absolute Gasteiger partial charge is 0.444 e. The van der Waals surface area contributed by atoms with E-state index in [-0.39, 0.29) is 62.8 Å². The summed E-state index contributed by atoms with van der Waals surface area (Å²) in [6.07, 6.45) is -5.68. The summed E-state index contributed by atoms with van der Waals surface area (Å²) < 4.78 is 86.9. The van der Waals surface area contributed by atoms with E-state index in [2.05, 4.69) is 4.90 Å². The average Bonchev–Trinajstić information content (AvgIpc) is 2.99. The van der Waals surface area contributed by atoms with Crippen LogP contribution in [0.25, 0.3) is 0 Å². The first-order valence-corrected chi connectivity index (χ1v) is 17.6. The van der Waals surface area contributed by atoms with Gasteiger partial charge in [-0.3, -0.25) is 4.79 Å². The topological polar surface area (TPSA) is 82.6 Å². The van der Waals surface area contributed by atoms with Crippen molar-refractivity contribution >= 4 is 18.1 Å². The number of carbonyl (C=O) groups is 3. The molecule has 0 aliphatic carbocycles. The van der Waals surface area contributed by atoms with Gasteiger partial charge in [-0.15, -0.1) is 0 Å². The normalized spacial score (nSPS) is 22.0. The Morgan fingerprint density at radius 3 is 1.24 bits per heavy atom. The summed E-state index contributed by atoms with van der Waals surface area (Å²) in [4.78, 5) is 43.6. The number of hydrogen-bond acceptors (Lipinski definition) is 6. The number of halogens is 6. The first kappa shape index (κ1) is 41.0. The standard InChI is InChI=1S/C17H27F3N2O3.C17H29F3N2O2/c1-16(2,3)25-15(24)22-8-4-12(5-9-22)14(23)21-10-6-13(7-11-21)17(18,19)20;1-16(2,3)24-15(23)22-10-4-13(5-11-22)12-21-8-6-14(7-9-21)17(18,19)20/h12-13H,4-11H2,1-3H3;13-14H,4-12H2,1-3H3. The Hall–Kier alpha value is -2.45. The first-order chi connectivity index (χ1) is 22.5. The van der Waals surface area contributed by atoms with Crippen molar-refractivity contribution < 1.29 is 50.2 Å². The maximum atomic E-state index is 12.7. The van der Waals surface area contributed by atoms with Crippen molar-refractivity contribution in [3.05, 3.63) is 0 Å². The molecule has 4 aliphatic rings. The SMILES string of the molecule is CC(C)(C)OC(=O)N1CCC(C(=O)N2CCC(C(F)(F)F)CC2)CC1.CC(C)(C)OC(=O)N1CCC(CN2CCC(C(F)(F)F)CC2)CC1. The van der Waals surface area contributed by atoms with Crippen LogP contribution in [-0.2, 0) is 14.3 Å². The number of rotatable bonds is 3. The predicted octanol–water partition coefficient (Wildman–Crippen LogP) is 7.34. The first-order valence-electron chi connectivity index (χ1n) is 17.6. The molecule has 4 heterocycles. The van der Waals surface area contributed by atoms with Gasteiger partial charge in [0.25, 0.3) is 0 Å². The molecule has 4 fully saturated rings. The molecule has 15 heteroatoms. The molecular weight excluding hydrogens is 658 g/mol. The molecule has 3 amide bonds. The van der Waals surface area contributed by atoms with E-state index in [0.717, 1.165) is 19.4 Å². The fourth-order valence-corrected chi connectivity index (χ4v) is 6.75. The highest BCUT2D eigenvalue weighted by Gasteiger charge is 2.43. The molecule has 0 unspecified atom stereocenters. The Kier molecular flexibility index (Phi) is 14.0. The number of alkyl halides is 6. The van der Waals surface area contributed by atoms with Gasteiger partial charge in [0, 0.05) is 51.7 Å². The van der Waals surface area contributed by atoms with Crippen LogP contribution < -0.4 is 0 Å². The van der Waals surface area contributed by atoms with Gasteiger partial charge in [0.2, 0.25) is 5.91 Å². The summed E-state index contributed by atoms with van der Waals surface area (Å²) in [5, 5.41) is 0. The number of likely N-dealkylation sites (tertiary alicyclic amines) is 4. The van der Waals surface area contributed by atoms with Crippen molar-refractivity contribution in [3.63, 3.8) is 0 Å². The summed E-state index contributed by atoms with van der Waals surface area (Å²) in [6, 6.07) is 0. The summed E-state index contributed by atoms with van der Waals surface area (Å²) in [5.74, 6) is -2.29. The third-order valence-electron chi connectivity index (χ3n) is 9.60. The molecule has 0 atom stereocenters. The van der Waals surface area contributed by atoms with Crippen molar-refractivity contribution in [1.29, 1.82) is 0 Å². The molecule has 0 radical (unpaired) electrons. The molecule has 0 N–H and O–H groups in total. The minimum Gasteiger partial charge on any atom is -0.444 e. The van der Waals surface area contributed by atoms with E-state index in [1.54, 1.807) is 35.5 Å². The van der Waals surface area contributed by atoms with Crippen molar-refractivity contribution in [2.45, 2.75) is 116 Å². The van der Waals surface area contributed by atoms with E-state index in [1.165, 1.54) is 0 Å². The number of piperidine rings is 4. The fraction of sp³-hybridized carbons (Fsp3) is 0.912. The van der Waals surface area contributed by atoms with Crippen molar-refractivity contribution in [3.8, 4) is 0 Å². The van der Waals surface area contributed by atoms with Crippen LogP contribution in [0.5, 0.6) is 0 Å². The van der Waals surface area contributed by atoms with Gasteiger partial charge in [0.1, 0.15) is 11.2 Å². The quantitative estimate of drug-likeness (QED) is 0.285. The van der Waals surface area contributed by atoms with Gasteiger partial charge in [0.15, 0.2) is 0 Å². The summed E-state index contributed by atoms with van der Waals surface area (Å²) in [7, 11) is 0. The molecule has 9 nitrogen and oxygen atoms in total. The lowest BCUT2D eigenvalue weighted by molar-refractivity contribution is -0.187. The van der Waals surface area contributed by atoms with E-state index >= 15 is 0 Å². The van der Waals surface area contributed by atoms with Gasteiger partial charge in [-0.05, 0) is 112 Å². The minimum absolute atomic E-state index is 0.0218. The third-order valence-corrected chi connectivity index (χ3v) is 9.60. The molecular formula is C34H56F6N4O5. The highest BCUT2D eigenvalue weighted by Crippen LogP contribution is 2.36. The predicted molar refractivity (Wildman–Crippen MR) is 172 cm³/mol. The van der Waals surface area contributed by atoms with Crippen molar-refractivity contribution in [2.24, 2.45) is 23.7 Å². The number of nitrogens with zero attached hydrogens (tertiary/aromatic N) is 4. The van der Waals surface area contributed by atoms with E-state index in [1.807, 2.05) is 20.8 Å². The van der Waals surface area contributed by atoms with Crippen LogP contribution in [0.2, 0.25) is 0 Å². The Morgan fingerprint density at radius 2 is 0.878 bits per heavy atom. The molecule has 0 bridgehead atoms. The molecule has 284 valence electrons. The zero-order chi connectivity index (χ0) is 36.8. The molecule has 4 saturated heterocycles. The number of carbonyl (C=O) groups excluding carboxylic acids is 3. The molecule has 0 aromatic heterocycles. The number of hydrogen-bond donors (Lipinski definition) is 0. The van der Waals surface area contributed by atoms with Crippen LogP contribution >= 0.6 is 0 Å². The van der Waals surface area contributed by atoms with E-state index < -0.39 is 35.4 Å². The Balaban J connectivity index is 0.000000266. The highest BCUT2D eigenvalue weighted by atomic mass is 19.4. The average molecular weight is 715 g/mol. The summed E-state index contributed by atoms with van der Waals surface area (Å²) >= 11 is 0. The molecule has 4 rings (SSSR count). The Bertz CT molecular complexity index is 1070. The van der Waals surface area contributed by atoms with Gasteiger partial charge >= 0.3 is 24.5 Å². The Morgan fingerprint density at radius 1 is 0.531 bits per heavy atom. The molecule has 4 aliphatic heterocycles. The van der Waals surface area contributed by atoms with Crippen LogP contribution in [0.1, 0.15) is 92.9 Å². The molecule has 0 spiro atoms. The maximum Gasteiger partial charge on any atom is 0.410 e. The second-order valence-electron chi connectivity index (χ2n) is 15.9. The molecule has 0 saturated carbocycles. The zero-order valence-electron chi connectivity index (χ0n) is 29.9. The second kappa shape index (κ2) is 16.7. The van der Waals surface area contributed by atoms with Gasteiger partial charge in [-0.1, -0.05) is 0 Å². The second-order valence-corrected chi connectivity index (χ2v) is 15.9. The van der Waals surface area contributed by atoms with Crippen LogP contribution in [0.4, 0.5) is 35.9 Å². The summed E-state index contributed by atoms with van der Waals surface area (Å²) in [5.41, 5.74) is -1.05. The monoisotopic (exact) mass is 714 g/mol. The number of amides is 3. The van der Waals surface area contributed by atoms with Crippen LogP contribution in [0.15, 0.2) is 0 Å². The van der Waals surface area contributed by atoms with Gasteiger partial charge < -0.3 is 29.1 Å². The zero-order valence-corrected chi connectivity index (χ0v) is 29.9. The van der Waals surface area contributed by atoms with Gasteiger partial charge in [-0.2, -0.15) is 26.3 Å². The van der Waals surface area contributed by atoms with Gasteiger partial charge in [-0.25, -0.2) is 9.59 Å². The summed E-state index contributed by atoms with van der Waals surface area (Å²) in [6.45, 7) is 15.4. The van der Waals surface area contributed by atoms with E-state index in [4.69, 9.17) is 9.47 Å². The van der Waals surface area contributed by atoms with E-state index in [9.17, 15) is 40.7 Å². The smallest absolute Gasteiger partial charge is 0.410 e. The van der Waals surface area contributed by atoms with Crippen LogP contribution in [-0.4, -0.2) is 120 Å². The maximum absolute atomic E-state index is 12.7. The van der Waals surface area contributed by atoms with Gasteiger partial charge in [0.05, 0.1) is 11.8 Å². The molecule has 0 aromatic carbocycles. The number of ether oxygens (including phenoxy) is 2.